The molecule has 0 saturated carbocycles. The lowest BCUT2D eigenvalue weighted by Gasteiger charge is -2.24. The first-order chi connectivity index (χ1) is 16.3. The maximum Gasteiger partial charge on any atom is 0.355 e. The van der Waals surface area contributed by atoms with E-state index in [9.17, 15) is 9.59 Å². The quantitative estimate of drug-likeness (QED) is 0.138. The van der Waals surface area contributed by atoms with Crippen LogP contribution >= 0.6 is 11.9 Å². The summed E-state index contributed by atoms with van der Waals surface area (Å²) in [6.45, 7) is 10.0. The zero-order valence-corrected chi connectivity index (χ0v) is 22.3. The summed E-state index contributed by atoms with van der Waals surface area (Å²) in [6.07, 6.45) is 3.17. The molecule has 2 aromatic rings. The van der Waals surface area contributed by atoms with E-state index in [0.717, 1.165) is 22.4 Å². The average molecular weight is 502 g/mol. The van der Waals surface area contributed by atoms with Crippen molar-refractivity contribution < 1.29 is 19.1 Å². The van der Waals surface area contributed by atoms with Crippen LogP contribution in [-0.4, -0.2) is 32.4 Å². The Hall–Kier alpha value is -3.37. The van der Waals surface area contributed by atoms with E-state index in [1.165, 1.54) is 30.3 Å². The van der Waals surface area contributed by atoms with Crippen molar-refractivity contribution in [1.29, 1.82) is 0 Å². The van der Waals surface area contributed by atoms with Crippen LogP contribution in [0, 0.1) is 13.8 Å². The fourth-order valence-electron chi connectivity index (χ4n) is 3.38. The predicted octanol–water partition coefficient (Wildman–Crippen LogP) is 4.20. The fraction of sp³-hybridized carbons (Fsp3) is 0.360. The number of esters is 1. The number of hydrazine groups is 1. The van der Waals surface area contributed by atoms with Gasteiger partial charge in [0.1, 0.15) is 5.70 Å². The van der Waals surface area contributed by atoms with Gasteiger partial charge < -0.3 is 25.2 Å². The summed E-state index contributed by atoms with van der Waals surface area (Å²) in [6, 6.07) is 7.35. The Kier molecular flexibility index (Phi) is 9.06. The number of benzene rings is 2. The summed E-state index contributed by atoms with van der Waals surface area (Å²) in [7, 11) is 2.79. The predicted molar refractivity (Wildman–Crippen MR) is 144 cm³/mol. The molecule has 0 aliphatic heterocycles. The van der Waals surface area contributed by atoms with E-state index < -0.39 is 5.97 Å². The number of ether oxygens (including phenoxy) is 2. The molecule has 10 heteroatoms. The lowest BCUT2D eigenvalue weighted by molar-refractivity contribution is -0.136. The van der Waals surface area contributed by atoms with Crippen molar-refractivity contribution >= 4 is 40.9 Å². The van der Waals surface area contributed by atoms with Crippen LogP contribution in [0.2, 0.25) is 0 Å². The molecule has 0 aliphatic carbocycles. The molecule has 0 fully saturated rings. The molecule has 35 heavy (non-hydrogen) atoms. The molecule has 0 saturated heterocycles. The van der Waals surface area contributed by atoms with Crippen molar-refractivity contribution in [3.05, 3.63) is 58.4 Å². The normalized spacial score (nSPS) is 11.6. The molecule has 0 atom stereocenters. The van der Waals surface area contributed by atoms with Crippen LogP contribution in [0.4, 0.5) is 17.1 Å². The molecule has 6 N–H and O–H groups in total. The van der Waals surface area contributed by atoms with Crippen LogP contribution in [0.5, 0.6) is 5.75 Å². The standard InChI is InChI=1S/C25H35N5O4S/c1-14-9-16(10-21(15(14)2)30(27)13-18(26)24(32)34-7)23(31)28-19-11-17(25(3,4)5)12-20(29-35-8)22(19)33-6/h9-13,29H,26-27H2,1-8H3,(H,28,31)/b18-13-. The number of carbonyl (C=O) groups is 2. The Bertz CT molecular complexity index is 1140. The maximum absolute atomic E-state index is 13.4. The molecule has 1 amide bonds. The summed E-state index contributed by atoms with van der Waals surface area (Å²) < 4.78 is 13.5. The highest BCUT2D eigenvalue weighted by molar-refractivity contribution is 7.99. The molecule has 190 valence electrons. The monoisotopic (exact) mass is 501 g/mol. The van der Waals surface area contributed by atoms with Crippen LogP contribution in [0.1, 0.15) is 47.8 Å². The molecular weight excluding hydrogens is 466 g/mol. The van der Waals surface area contributed by atoms with Crippen LogP contribution in [0.25, 0.3) is 0 Å². The van der Waals surface area contributed by atoms with Gasteiger partial charge in [-0.25, -0.2) is 10.6 Å². The zero-order chi connectivity index (χ0) is 26.5. The van der Waals surface area contributed by atoms with Crippen LogP contribution in [0.15, 0.2) is 36.2 Å². The van der Waals surface area contributed by atoms with Gasteiger partial charge in [-0.2, -0.15) is 0 Å². The molecule has 0 aromatic heterocycles. The minimum Gasteiger partial charge on any atom is -0.492 e. The Labute approximate surface area is 211 Å². The fourth-order valence-corrected chi connectivity index (χ4v) is 3.76. The topological polar surface area (TPSA) is 132 Å². The Balaban J connectivity index is 2.52. The second-order valence-electron chi connectivity index (χ2n) is 9.04. The van der Waals surface area contributed by atoms with E-state index in [1.807, 2.05) is 32.2 Å². The summed E-state index contributed by atoms with van der Waals surface area (Å²) >= 11 is 1.43. The number of rotatable bonds is 8. The van der Waals surface area contributed by atoms with E-state index in [0.29, 0.717) is 22.7 Å². The molecule has 0 bridgehead atoms. The SMILES string of the molecule is COC(=O)/C(N)=C/N(N)c1cc(C(=O)Nc2cc(C(C)(C)C)cc(NSC)c2OC)cc(C)c1C. The molecule has 0 heterocycles. The molecule has 9 nitrogen and oxygen atoms in total. The third-order valence-corrected chi connectivity index (χ3v) is 5.92. The molecule has 2 aromatic carbocycles. The largest absolute Gasteiger partial charge is 0.492 e. The number of nitrogens with two attached hydrogens (primary N) is 2. The first-order valence-corrected chi connectivity index (χ1v) is 12.1. The number of aryl methyl sites for hydroxylation is 1. The van der Waals surface area contributed by atoms with Gasteiger partial charge in [0.05, 0.1) is 37.5 Å². The minimum absolute atomic E-state index is 0.153. The van der Waals surface area contributed by atoms with Crippen LogP contribution in [0.3, 0.4) is 0 Å². The van der Waals surface area contributed by atoms with Gasteiger partial charge in [-0.05, 0) is 60.2 Å². The number of nitrogens with zero attached hydrogens (tertiary/aromatic N) is 1. The molecule has 0 unspecified atom stereocenters. The number of anilines is 3. The Morgan fingerprint density at radius 2 is 1.71 bits per heavy atom. The number of hydrogen-bond donors (Lipinski definition) is 4. The second-order valence-corrected chi connectivity index (χ2v) is 9.65. The van der Waals surface area contributed by atoms with E-state index in [-0.39, 0.29) is 17.0 Å². The Morgan fingerprint density at radius 3 is 2.26 bits per heavy atom. The van der Waals surface area contributed by atoms with Gasteiger partial charge >= 0.3 is 5.97 Å². The number of amides is 1. The van der Waals surface area contributed by atoms with Gasteiger partial charge in [0.15, 0.2) is 5.75 Å². The summed E-state index contributed by atoms with van der Waals surface area (Å²) in [5.41, 5.74) is 10.3. The third-order valence-electron chi connectivity index (χ3n) is 5.50. The number of hydrogen-bond acceptors (Lipinski definition) is 9. The van der Waals surface area contributed by atoms with E-state index in [4.69, 9.17) is 16.3 Å². The maximum atomic E-state index is 13.4. The first-order valence-electron chi connectivity index (χ1n) is 10.9. The second kappa shape index (κ2) is 11.4. The Morgan fingerprint density at radius 1 is 1.09 bits per heavy atom. The van der Waals surface area contributed by atoms with Gasteiger partial charge in [0.25, 0.3) is 5.91 Å². The van der Waals surface area contributed by atoms with Crippen LogP contribution in [-0.2, 0) is 14.9 Å². The van der Waals surface area contributed by atoms with Crippen molar-refractivity contribution in [1.82, 2.24) is 0 Å². The van der Waals surface area contributed by atoms with Gasteiger partial charge in [-0.3, -0.25) is 9.80 Å². The van der Waals surface area contributed by atoms with Gasteiger partial charge in [-0.1, -0.05) is 32.7 Å². The van der Waals surface area contributed by atoms with Gasteiger partial charge in [0.2, 0.25) is 0 Å². The summed E-state index contributed by atoms with van der Waals surface area (Å²) in [5, 5.41) is 4.18. The van der Waals surface area contributed by atoms with Crippen LogP contribution < -0.4 is 31.4 Å². The van der Waals surface area contributed by atoms with Gasteiger partial charge in [-0.15, -0.1) is 0 Å². The first kappa shape index (κ1) is 27.9. The third kappa shape index (κ3) is 6.61. The highest BCUT2D eigenvalue weighted by Crippen LogP contribution is 2.40. The lowest BCUT2D eigenvalue weighted by atomic mass is 9.86. The van der Waals surface area contributed by atoms with Crippen molar-refractivity contribution in [2.24, 2.45) is 11.6 Å². The highest BCUT2D eigenvalue weighted by Gasteiger charge is 2.22. The highest BCUT2D eigenvalue weighted by atomic mass is 32.2. The van der Waals surface area contributed by atoms with E-state index in [2.05, 4.69) is 35.5 Å². The molecule has 2 rings (SSSR count). The van der Waals surface area contributed by atoms with Crippen molar-refractivity contribution in [3.63, 3.8) is 0 Å². The minimum atomic E-state index is -0.704. The number of nitrogens with one attached hydrogen (secondary N) is 2. The zero-order valence-electron chi connectivity index (χ0n) is 21.5. The molecule has 0 aliphatic rings. The lowest BCUT2D eigenvalue weighted by Crippen LogP contribution is -2.29. The van der Waals surface area contributed by atoms with Gasteiger partial charge in [0, 0.05) is 11.8 Å². The number of carbonyl (C=O) groups excluding carboxylic acids is 2. The van der Waals surface area contributed by atoms with Crippen molar-refractivity contribution in [2.75, 3.05) is 35.5 Å². The average Bonchev–Trinajstić information content (AvgIpc) is 2.79. The summed E-state index contributed by atoms with van der Waals surface area (Å²) in [4.78, 5) is 25.0. The number of methoxy groups -OCH3 is 2. The van der Waals surface area contributed by atoms with Crippen molar-refractivity contribution in [3.8, 4) is 5.75 Å². The van der Waals surface area contributed by atoms with E-state index >= 15 is 0 Å². The van der Waals surface area contributed by atoms with E-state index in [1.54, 1.807) is 19.2 Å². The van der Waals surface area contributed by atoms with Crippen molar-refractivity contribution in [2.45, 2.75) is 40.0 Å². The smallest absolute Gasteiger partial charge is 0.355 e. The molecular formula is C25H35N5O4S. The molecule has 0 radical (unpaired) electrons. The molecule has 0 spiro atoms. The summed E-state index contributed by atoms with van der Waals surface area (Å²) in [5.74, 6) is 5.63.